The minimum absolute atomic E-state index is 0.593. The van der Waals surface area contributed by atoms with Crippen molar-refractivity contribution in [3.05, 3.63) is 17.7 Å². The van der Waals surface area contributed by atoms with Gasteiger partial charge in [0, 0.05) is 24.9 Å². The van der Waals surface area contributed by atoms with Crippen molar-refractivity contribution in [1.29, 1.82) is 0 Å². The second kappa shape index (κ2) is 7.21. The molecular formula is C17H28N4. The Balaban J connectivity index is 1.84. The van der Waals surface area contributed by atoms with Gasteiger partial charge in [0.25, 0.3) is 0 Å². The van der Waals surface area contributed by atoms with Gasteiger partial charge >= 0.3 is 0 Å². The van der Waals surface area contributed by atoms with Crippen LogP contribution in [0.3, 0.4) is 0 Å². The van der Waals surface area contributed by atoms with Gasteiger partial charge < -0.3 is 11.1 Å². The van der Waals surface area contributed by atoms with Crippen molar-refractivity contribution in [2.24, 2.45) is 5.73 Å². The minimum atomic E-state index is 0.593. The number of nitrogens with one attached hydrogen (secondary N) is 1. The van der Waals surface area contributed by atoms with E-state index in [1.54, 1.807) is 0 Å². The van der Waals surface area contributed by atoms with E-state index in [4.69, 9.17) is 10.7 Å². The number of nitrogens with zero attached hydrogens (tertiary/aromatic N) is 2. The fraction of sp³-hybridized carbons (Fsp3) is 0.765. The maximum atomic E-state index is 5.63. The molecular weight excluding hydrogens is 260 g/mol. The predicted molar refractivity (Wildman–Crippen MR) is 86.6 cm³/mol. The summed E-state index contributed by atoms with van der Waals surface area (Å²) >= 11 is 0. The number of nitrogens with two attached hydrogens (primary N) is 1. The predicted octanol–water partition coefficient (Wildman–Crippen LogP) is 3.55. The molecule has 0 radical (unpaired) electrons. The lowest BCUT2D eigenvalue weighted by molar-refractivity contribution is 0.435. The summed E-state index contributed by atoms with van der Waals surface area (Å²) in [6, 6.07) is 0. The lowest BCUT2D eigenvalue weighted by Gasteiger charge is -2.24. The van der Waals surface area contributed by atoms with Gasteiger partial charge in [0.1, 0.15) is 5.82 Å². The summed E-state index contributed by atoms with van der Waals surface area (Å²) in [5, 5.41) is 3.43. The van der Waals surface area contributed by atoms with E-state index in [1.165, 1.54) is 63.5 Å². The van der Waals surface area contributed by atoms with Crippen LogP contribution in [0, 0.1) is 0 Å². The van der Waals surface area contributed by atoms with E-state index in [0.29, 0.717) is 18.4 Å². The van der Waals surface area contributed by atoms with E-state index in [-0.39, 0.29) is 0 Å². The molecule has 1 aromatic heterocycles. The molecule has 116 valence electrons. The second-order valence-electron chi connectivity index (χ2n) is 6.56. The average molecular weight is 288 g/mol. The third kappa shape index (κ3) is 3.54. The molecule has 4 nitrogen and oxygen atoms in total. The van der Waals surface area contributed by atoms with Crippen LogP contribution >= 0.6 is 0 Å². The smallest absolute Gasteiger partial charge is 0.131 e. The fourth-order valence-electron chi connectivity index (χ4n) is 3.82. The van der Waals surface area contributed by atoms with Crippen LogP contribution in [0.15, 0.2) is 6.20 Å². The van der Waals surface area contributed by atoms with Gasteiger partial charge in [0.15, 0.2) is 0 Å². The zero-order chi connectivity index (χ0) is 14.5. The molecule has 0 amide bonds. The largest absolute Gasteiger partial charge is 0.381 e. The molecule has 0 aliphatic heterocycles. The lowest BCUT2D eigenvalue weighted by atomic mass is 9.86. The molecule has 0 saturated heterocycles. The van der Waals surface area contributed by atoms with E-state index in [9.17, 15) is 0 Å². The van der Waals surface area contributed by atoms with Gasteiger partial charge in [-0.15, -0.1) is 0 Å². The van der Waals surface area contributed by atoms with E-state index in [1.807, 2.05) is 6.20 Å². The Kier molecular flexibility index (Phi) is 5.07. The number of hydrogen-bond acceptors (Lipinski definition) is 4. The molecule has 21 heavy (non-hydrogen) atoms. The first kappa shape index (κ1) is 14.8. The zero-order valence-corrected chi connectivity index (χ0v) is 13.0. The highest BCUT2D eigenvalue weighted by Crippen LogP contribution is 2.37. The first-order valence-corrected chi connectivity index (χ1v) is 8.69. The minimum Gasteiger partial charge on any atom is -0.381 e. The van der Waals surface area contributed by atoms with Crippen molar-refractivity contribution < 1.29 is 0 Å². The van der Waals surface area contributed by atoms with Crippen molar-refractivity contribution in [2.45, 2.75) is 69.6 Å². The van der Waals surface area contributed by atoms with Gasteiger partial charge in [-0.25, -0.2) is 9.97 Å². The van der Waals surface area contributed by atoms with Gasteiger partial charge in [0.2, 0.25) is 0 Å². The number of hydrogen-bond donors (Lipinski definition) is 2. The van der Waals surface area contributed by atoms with E-state index >= 15 is 0 Å². The van der Waals surface area contributed by atoms with Gasteiger partial charge in [-0.2, -0.15) is 0 Å². The first-order valence-electron chi connectivity index (χ1n) is 8.69. The summed E-state index contributed by atoms with van der Waals surface area (Å²) in [4.78, 5) is 9.67. The summed E-state index contributed by atoms with van der Waals surface area (Å²) in [5.74, 6) is 2.30. The van der Waals surface area contributed by atoms with Crippen molar-refractivity contribution in [3.63, 3.8) is 0 Å². The maximum absolute atomic E-state index is 5.63. The topological polar surface area (TPSA) is 63.8 Å². The maximum Gasteiger partial charge on any atom is 0.131 e. The number of anilines is 1. The molecule has 0 bridgehead atoms. The Morgan fingerprint density at radius 3 is 2.38 bits per heavy atom. The number of rotatable bonds is 5. The molecule has 2 fully saturated rings. The van der Waals surface area contributed by atoms with Crippen LogP contribution in [0.25, 0.3) is 0 Å². The number of aromatic nitrogens is 2. The Morgan fingerprint density at radius 2 is 1.67 bits per heavy atom. The highest BCUT2D eigenvalue weighted by molar-refractivity contribution is 5.48. The summed E-state index contributed by atoms with van der Waals surface area (Å²) in [5.41, 5.74) is 8.01. The SMILES string of the molecule is NCCNc1cnc(C2CCCC2)nc1C1CCCCC1. The molecule has 0 aromatic carbocycles. The van der Waals surface area contributed by atoms with Crippen LogP contribution < -0.4 is 11.1 Å². The second-order valence-corrected chi connectivity index (χ2v) is 6.56. The van der Waals surface area contributed by atoms with Crippen LogP contribution in [-0.4, -0.2) is 23.1 Å². The van der Waals surface area contributed by atoms with E-state index in [0.717, 1.165) is 18.1 Å². The molecule has 1 aromatic rings. The quantitative estimate of drug-likeness (QED) is 0.869. The van der Waals surface area contributed by atoms with Gasteiger partial charge in [-0.05, 0) is 25.7 Å². The van der Waals surface area contributed by atoms with Crippen LogP contribution in [0.1, 0.15) is 81.1 Å². The van der Waals surface area contributed by atoms with Crippen LogP contribution in [0.4, 0.5) is 5.69 Å². The molecule has 3 rings (SSSR count). The molecule has 4 heteroatoms. The molecule has 0 spiro atoms. The monoisotopic (exact) mass is 288 g/mol. The van der Waals surface area contributed by atoms with Crippen LogP contribution in [0.2, 0.25) is 0 Å². The molecule has 3 N–H and O–H groups in total. The molecule has 1 heterocycles. The normalized spacial score (nSPS) is 20.8. The van der Waals surface area contributed by atoms with E-state index in [2.05, 4.69) is 10.3 Å². The van der Waals surface area contributed by atoms with Crippen LogP contribution in [0.5, 0.6) is 0 Å². The van der Waals surface area contributed by atoms with Crippen molar-refractivity contribution in [2.75, 3.05) is 18.4 Å². The van der Waals surface area contributed by atoms with Gasteiger partial charge in [0.05, 0.1) is 17.6 Å². The summed E-state index contributed by atoms with van der Waals surface area (Å²) < 4.78 is 0. The van der Waals surface area contributed by atoms with Crippen molar-refractivity contribution in [1.82, 2.24) is 9.97 Å². The standard InChI is InChI=1S/C17H28N4/c18-10-11-19-15-12-20-17(14-8-4-5-9-14)21-16(15)13-6-2-1-3-7-13/h12-14,19H,1-11,18H2. The molecule has 2 saturated carbocycles. The Morgan fingerprint density at radius 1 is 1.00 bits per heavy atom. The fourth-order valence-corrected chi connectivity index (χ4v) is 3.82. The third-order valence-electron chi connectivity index (χ3n) is 5.01. The highest BCUT2D eigenvalue weighted by atomic mass is 15.0. The zero-order valence-electron chi connectivity index (χ0n) is 13.0. The first-order chi connectivity index (χ1) is 10.4. The molecule has 0 unspecified atom stereocenters. The van der Waals surface area contributed by atoms with Crippen molar-refractivity contribution in [3.8, 4) is 0 Å². The van der Waals surface area contributed by atoms with Gasteiger partial charge in [-0.1, -0.05) is 32.1 Å². The molecule has 0 atom stereocenters. The molecule has 2 aliphatic rings. The Hall–Kier alpha value is -1.16. The third-order valence-corrected chi connectivity index (χ3v) is 5.01. The summed E-state index contributed by atoms with van der Waals surface area (Å²) in [7, 11) is 0. The van der Waals surface area contributed by atoms with Gasteiger partial charge in [-0.3, -0.25) is 0 Å². The van der Waals surface area contributed by atoms with Crippen molar-refractivity contribution >= 4 is 5.69 Å². The van der Waals surface area contributed by atoms with Crippen LogP contribution in [-0.2, 0) is 0 Å². The Labute approximate surface area is 127 Å². The lowest BCUT2D eigenvalue weighted by Crippen LogP contribution is -2.18. The van der Waals surface area contributed by atoms with E-state index < -0.39 is 0 Å². The highest BCUT2D eigenvalue weighted by Gasteiger charge is 2.24. The average Bonchev–Trinajstić information content (AvgIpc) is 3.08. The Bertz CT molecular complexity index is 448. The summed E-state index contributed by atoms with van der Waals surface area (Å²) in [6.45, 7) is 1.44. The molecule has 2 aliphatic carbocycles. The summed E-state index contributed by atoms with van der Waals surface area (Å²) in [6.07, 6.45) is 13.8.